The number of fused-ring (bicyclic) bond motifs is 1. The van der Waals surface area contributed by atoms with Crippen molar-refractivity contribution in [1.82, 2.24) is 0 Å². The first-order chi connectivity index (χ1) is 8.03. The number of benzene rings is 1. The molecule has 0 amide bonds. The van der Waals surface area contributed by atoms with Crippen molar-refractivity contribution in [2.24, 2.45) is 5.73 Å². The van der Waals surface area contributed by atoms with Crippen LogP contribution < -0.4 is 10.6 Å². The lowest BCUT2D eigenvalue weighted by atomic mass is 10.0. The molecule has 2 unspecified atom stereocenters. The lowest BCUT2D eigenvalue weighted by Gasteiger charge is -2.29. The number of anilines is 1. The molecule has 3 N–H and O–H groups in total. The second-order valence-corrected chi connectivity index (χ2v) is 5.44. The summed E-state index contributed by atoms with van der Waals surface area (Å²) in [5, 5.41) is 9.19. The summed E-state index contributed by atoms with van der Waals surface area (Å²) in [5.41, 5.74) is 8.25. The van der Waals surface area contributed by atoms with Gasteiger partial charge in [0.25, 0.3) is 0 Å². The van der Waals surface area contributed by atoms with Crippen LogP contribution in [0.1, 0.15) is 25.8 Å². The van der Waals surface area contributed by atoms with E-state index in [0.29, 0.717) is 6.04 Å². The smallest absolute Gasteiger partial charge is 0.0609 e. The zero-order chi connectivity index (χ0) is 12.5. The van der Waals surface area contributed by atoms with Crippen LogP contribution in [-0.2, 0) is 6.42 Å². The lowest BCUT2D eigenvalue weighted by Crippen LogP contribution is -2.44. The van der Waals surface area contributed by atoms with Gasteiger partial charge in [0.15, 0.2) is 0 Å². The molecule has 1 aromatic rings. The van der Waals surface area contributed by atoms with Gasteiger partial charge in [-0.2, -0.15) is 0 Å². The van der Waals surface area contributed by atoms with Gasteiger partial charge in [0.05, 0.1) is 6.61 Å². The maximum atomic E-state index is 9.19. The maximum Gasteiger partial charge on any atom is 0.0609 e. The zero-order valence-electron chi connectivity index (χ0n) is 10.7. The van der Waals surface area contributed by atoms with Crippen molar-refractivity contribution in [3.63, 3.8) is 0 Å². The standard InChI is InChI=1S/C14H22N2O/c1-11-9-12-5-3-4-6-13(12)16(11)8-7-14(2,15)10-17/h3-6,11,17H,7-10,15H2,1-2H3. The molecule has 0 aliphatic carbocycles. The SMILES string of the molecule is CC1Cc2ccccc2N1CCC(C)(N)CO. The number of rotatable bonds is 4. The van der Waals surface area contributed by atoms with Crippen molar-refractivity contribution in [2.75, 3.05) is 18.1 Å². The van der Waals surface area contributed by atoms with Gasteiger partial charge in [0.1, 0.15) is 0 Å². The quantitative estimate of drug-likeness (QED) is 0.831. The molecule has 0 radical (unpaired) electrons. The molecule has 0 aromatic heterocycles. The zero-order valence-corrected chi connectivity index (χ0v) is 10.7. The van der Waals surface area contributed by atoms with Crippen LogP contribution in [0, 0.1) is 0 Å². The first-order valence-corrected chi connectivity index (χ1v) is 6.28. The Bertz CT molecular complexity index is 390. The van der Waals surface area contributed by atoms with E-state index in [1.54, 1.807) is 0 Å². The number of aliphatic hydroxyl groups is 1. The number of hydrogen-bond donors (Lipinski definition) is 2. The largest absolute Gasteiger partial charge is 0.394 e. The molecule has 1 aromatic carbocycles. The van der Waals surface area contributed by atoms with E-state index in [1.807, 2.05) is 6.92 Å². The Morgan fingerprint density at radius 1 is 1.47 bits per heavy atom. The highest BCUT2D eigenvalue weighted by atomic mass is 16.3. The van der Waals surface area contributed by atoms with Crippen LogP contribution in [0.5, 0.6) is 0 Å². The van der Waals surface area contributed by atoms with Crippen LogP contribution in [0.2, 0.25) is 0 Å². The van der Waals surface area contributed by atoms with Crippen molar-refractivity contribution in [3.05, 3.63) is 29.8 Å². The summed E-state index contributed by atoms with van der Waals surface area (Å²) in [6.07, 6.45) is 1.92. The van der Waals surface area contributed by atoms with E-state index in [0.717, 1.165) is 19.4 Å². The molecule has 2 atom stereocenters. The van der Waals surface area contributed by atoms with Crippen molar-refractivity contribution in [3.8, 4) is 0 Å². The summed E-state index contributed by atoms with van der Waals surface area (Å²) in [6.45, 7) is 5.09. The van der Waals surface area contributed by atoms with Crippen LogP contribution in [0.3, 0.4) is 0 Å². The molecule has 0 spiro atoms. The second kappa shape index (κ2) is 4.67. The number of para-hydroxylation sites is 1. The minimum atomic E-state index is -0.475. The minimum Gasteiger partial charge on any atom is -0.394 e. The summed E-state index contributed by atoms with van der Waals surface area (Å²) >= 11 is 0. The van der Waals surface area contributed by atoms with Crippen LogP contribution in [0.15, 0.2) is 24.3 Å². The van der Waals surface area contributed by atoms with Gasteiger partial charge >= 0.3 is 0 Å². The molecular formula is C14H22N2O. The molecule has 0 saturated heterocycles. The van der Waals surface area contributed by atoms with Gasteiger partial charge in [-0.1, -0.05) is 18.2 Å². The molecule has 1 aliphatic rings. The molecule has 0 bridgehead atoms. The number of nitrogens with two attached hydrogens (primary N) is 1. The Morgan fingerprint density at radius 2 is 2.18 bits per heavy atom. The molecule has 2 rings (SSSR count). The van der Waals surface area contributed by atoms with Gasteiger partial charge in [-0.25, -0.2) is 0 Å². The lowest BCUT2D eigenvalue weighted by molar-refractivity contribution is 0.201. The number of aliphatic hydroxyl groups excluding tert-OH is 1. The van der Waals surface area contributed by atoms with Crippen molar-refractivity contribution >= 4 is 5.69 Å². The third kappa shape index (κ3) is 2.61. The van der Waals surface area contributed by atoms with Gasteiger partial charge < -0.3 is 15.7 Å². The highest BCUT2D eigenvalue weighted by molar-refractivity contribution is 5.59. The Labute approximate surface area is 103 Å². The Kier molecular flexibility index (Phi) is 3.40. The Hall–Kier alpha value is -1.06. The predicted octanol–water partition coefficient (Wildman–Crippen LogP) is 1.54. The average Bonchev–Trinajstić information content (AvgIpc) is 2.62. The highest BCUT2D eigenvalue weighted by Crippen LogP contribution is 2.32. The third-order valence-corrected chi connectivity index (χ3v) is 3.63. The summed E-state index contributed by atoms with van der Waals surface area (Å²) < 4.78 is 0. The predicted molar refractivity (Wildman–Crippen MR) is 71.2 cm³/mol. The molecular weight excluding hydrogens is 212 g/mol. The van der Waals surface area contributed by atoms with Crippen molar-refractivity contribution < 1.29 is 5.11 Å². The van der Waals surface area contributed by atoms with E-state index in [9.17, 15) is 5.11 Å². The monoisotopic (exact) mass is 234 g/mol. The van der Waals surface area contributed by atoms with Crippen molar-refractivity contribution in [1.29, 1.82) is 0 Å². The summed E-state index contributed by atoms with van der Waals surface area (Å²) in [6, 6.07) is 9.07. The maximum absolute atomic E-state index is 9.19. The summed E-state index contributed by atoms with van der Waals surface area (Å²) in [4.78, 5) is 2.40. The molecule has 0 fully saturated rings. The van der Waals surface area contributed by atoms with Gasteiger partial charge in [-0.15, -0.1) is 0 Å². The number of nitrogens with zero attached hydrogens (tertiary/aromatic N) is 1. The minimum absolute atomic E-state index is 0.0386. The molecule has 1 aliphatic heterocycles. The number of hydrogen-bond acceptors (Lipinski definition) is 3. The topological polar surface area (TPSA) is 49.5 Å². The van der Waals surface area contributed by atoms with Gasteiger partial charge in [-0.05, 0) is 38.3 Å². The fraction of sp³-hybridized carbons (Fsp3) is 0.571. The van der Waals surface area contributed by atoms with E-state index in [1.165, 1.54) is 11.3 Å². The van der Waals surface area contributed by atoms with E-state index < -0.39 is 5.54 Å². The van der Waals surface area contributed by atoms with Gasteiger partial charge in [0, 0.05) is 23.8 Å². The summed E-state index contributed by atoms with van der Waals surface area (Å²) in [7, 11) is 0. The summed E-state index contributed by atoms with van der Waals surface area (Å²) in [5.74, 6) is 0. The first-order valence-electron chi connectivity index (χ1n) is 6.28. The van der Waals surface area contributed by atoms with Gasteiger partial charge in [-0.3, -0.25) is 0 Å². The van der Waals surface area contributed by atoms with Crippen molar-refractivity contribution in [2.45, 2.75) is 38.3 Å². The van der Waals surface area contributed by atoms with E-state index in [4.69, 9.17) is 5.73 Å². The van der Waals surface area contributed by atoms with E-state index >= 15 is 0 Å². The highest BCUT2D eigenvalue weighted by Gasteiger charge is 2.27. The molecule has 0 saturated carbocycles. The van der Waals surface area contributed by atoms with Gasteiger partial charge in [0.2, 0.25) is 0 Å². The normalized spacial score (nSPS) is 22.4. The second-order valence-electron chi connectivity index (χ2n) is 5.44. The Balaban J connectivity index is 2.07. The average molecular weight is 234 g/mol. The van der Waals surface area contributed by atoms with Crippen LogP contribution in [0.25, 0.3) is 0 Å². The molecule has 3 nitrogen and oxygen atoms in total. The van der Waals surface area contributed by atoms with Crippen LogP contribution in [0.4, 0.5) is 5.69 Å². The fourth-order valence-corrected chi connectivity index (χ4v) is 2.43. The Morgan fingerprint density at radius 3 is 2.88 bits per heavy atom. The van der Waals surface area contributed by atoms with E-state index in [2.05, 4.69) is 36.1 Å². The first kappa shape index (κ1) is 12.4. The van der Waals surface area contributed by atoms with E-state index in [-0.39, 0.29) is 6.61 Å². The molecule has 17 heavy (non-hydrogen) atoms. The third-order valence-electron chi connectivity index (χ3n) is 3.63. The molecule has 1 heterocycles. The molecule has 3 heteroatoms. The fourth-order valence-electron chi connectivity index (χ4n) is 2.43. The molecule has 94 valence electrons. The van der Waals surface area contributed by atoms with Crippen LogP contribution in [-0.4, -0.2) is 29.8 Å². The van der Waals surface area contributed by atoms with Crippen LogP contribution >= 0.6 is 0 Å².